The highest BCUT2D eigenvalue weighted by Crippen LogP contribution is 2.64. The van der Waals surface area contributed by atoms with Crippen LogP contribution in [-0.2, 0) is 18.7 Å². The van der Waals surface area contributed by atoms with E-state index in [0.29, 0.717) is 30.0 Å². The molecule has 0 fully saturated rings. The number of hydrogen-bond donors (Lipinski definition) is 1. The molecule has 69 heavy (non-hydrogen) atoms. The standard InChI is InChI=1S/C42H48F19NO6Si/c1-8-65-33(63)26(7)11-9-10-25(6)32(68-34(64)62-31-17-14-28(43)22-30(31)44)27-12-15-29(16-13-27)66-19-20-67-69(23(2)3,24(4)5)21-18-35(45,46)36(47,48)37(49,50)38(51,52)39(53,54)40(55,56)41(57,58)42(59,60)61/h11-17,22-25,32H,8-10,18-21H2,1-7H3,(H,62,64)/b26-11+/t25-,32+/m1/s1. The Kier molecular flexibility index (Phi) is 19.6. The molecular weight excluding hydrogens is 1000 g/mol. The van der Waals surface area contributed by atoms with Gasteiger partial charge in [0.15, 0.2) is 8.32 Å². The Balaban J connectivity index is 2.32. The largest absolute Gasteiger partial charge is 0.491 e. The van der Waals surface area contributed by atoms with Gasteiger partial charge in [0.2, 0.25) is 0 Å². The van der Waals surface area contributed by atoms with Gasteiger partial charge < -0.3 is 18.6 Å². The number of esters is 1. The van der Waals surface area contributed by atoms with Crippen LogP contribution in [0, 0.1) is 17.6 Å². The molecule has 1 amide bonds. The number of alkyl halides is 17. The van der Waals surface area contributed by atoms with Crippen LogP contribution >= 0.6 is 0 Å². The number of ether oxygens (including phenoxy) is 3. The lowest BCUT2D eigenvalue weighted by molar-refractivity contribution is -0.461. The van der Waals surface area contributed by atoms with E-state index < -0.39 is 134 Å². The molecule has 0 aliphatic heterocycles. The Hall–Kier alpha value is -4.43. The quantitative estimate of drug-likeness (QED) is 0.0351. The molecule has 0 aliphatic rings. The molecule has 7 nitrogen and oxygen atoms in total. The fourth-order valence-corrected chi connectivity index (χ4v) is 11.4. The van der Waals surface area contributed by atoms with Crippen molar-refractivity contribution in [3.05, 3.63) is 71.3 Å². The van der Waals surface area contributed by atoms with Crippen LogP contribution in [0.2, 0.25) is 17.1 Å². The van der Waals surface area contributed by atoms with Gasteiger partial charge in [-0.3, -0.25) is 5.32 Å². The first-order valence-electron chi connectivity index (χ1n) is 20.6. The van der Waals surface area contributed by atoms with Crippen LogP contribution in [0.15, 0.2) is 54.1 Å². The van der Waals surface area contributed by atoms with Crippen molar-refractivity contribution >= 4 is 26.1 Å². The summed E-state index contributed by atoms with van der Waals surface area (Å²) >= 11 is 0. The zero-order valence-corrected chi connectivity index (χ0v) is 38.5. The topological polar surface area (TPSA) is 83.1 Å². The van der Waals surface area contributed by atoms with Gasteiger partial charge in [0, 0.05) is 18.1 Å². The third kappa shape index (κ3) is 12.7. The monoisotopic (exact) mass is 1050 g/mol. The van der Waals surface area contributed by atoms with Crippen molar-refractivity contribution in [2.24, 2.45) is 5.92 Å². The second kappa shape index (κ2) is 22.3. The Bertz CT molecular complexity index is 2060. The fraction of sp³-hybridized carbons (Fsp3) is 0.619. The van der Waals surface area contributed by atoms with Gasteiger partial charge in [0.1, 0.15) is 30.1 Å². The third-order valence-corrected chi connectivity index (χ3v) is 16.8. The maximum atomic E-state index is 15.0. The van der Waals surface area contributed by atoms with Crippen LogP contribution < -0.4 is 10.1 Å². The molecule has 0 saturated carbocycles. The number of allylic oxidation sites excluding steroid dienone is 1. The Morgan fingerprint density at radius 1 is 0.696 bits per heavy atom. The lowest BCUT2D eigenvalue weighted by atomic mass is 9.88. The molecule has 2 rings (SSSR count). The molecule has 1 N–H and O–H groups in total. The maximum Gasteiger partial charge on any atom is 0.460 e. The molecule has 2 aromatic carbocycles. The highest BCUT2D eigenvalue weighted by atomic mass is 28.4. The number of rotatable bonds is 25. The lowest BCUT2D eigenvalue weighted by Gasteiger charge is -2.44. The van der Waals surface area contributed by atoms with Gasteiger partial charge in [0.05, 0.1) is 18.9 Å². The summed E-state index contributed by atoms with van der Waals surface area (Å²) < 4.78 is 286. The summed E-state index contributed by atoms with van der Waals surface area (Å²) in [7, 11) is -4.05. The van der Waals surface area contributed by atoms with E-state index in [0.717, 1.165) is 12.1 Å². The normalized spacial score (nSPS) is 15.0. The highest BCUT2D eigenvalue weighted by molar-refractivity contribution is 6.76. The van der Waals surface area contributed by atoms with E-state index in [1.807, 2.05) is 0 Å². The van der Waals surface area contributed by atoms with E-state index in [9.17, 15) is 84.2 Å². The van der Waals surface area contributed by atoms with Gasteiger partial charge in [-0.2, -0.15) is 74.6 Å². The van der Waals surface area contributed by atoms with Crippen LogP contribution in [0.1, 0.15) is 79.4 Å². The van der Waals surface area contributed by atoms with Crippen molar-refractivity contribution in [1.82, 2.24) is 0 Å². The molecule has 394 valence electrons. The summed E-state index contributed by atoms with van der Waals surface area (Å²) in [5, 5.41) is 2.17. The smallest absolute Gasteiger partial charge is 0.460 e. The molecular formula is C42H48F19NO6Si. The molecule has 0 spiro atoms. The predicted molar refractivity (Wildman–Crippen MR) is 212 cm³/mol. The fourth-order valence-electron chi connectivity index (χ4n) is 6.90. The minimum atomic E-state index is -8.72. The molecule has 0 aliphatic carbocycles. The zero-order chi connectivity index (χ0) is 53.6. The molecule has 27 heteroatoms. The summed E-state index contributed by atoms with van der Waals surface area (Å²) in [6, 6.07) is 6.51. The van der Waals surface area contributed by atoms with E-state index in [4.69, 9.17) is 18.6 Å². The maximum absolute atomic E-state index is 15.0. The number of carbonyl (C=O) groups excluding carboxylic acids is 2. The van der Waals surface area contributed by atoms with Crippen molar-refractivity contribution < 1.29 is 112 Å². The number of anilines is 1. The minimum absolute atomic E-state index is 0.0608. The van der Waals surface area contributed by atoms with Crippen LogP contribution in [-0.4, -0.2) is 87.8 Å². The van der Waals surface area contributed by atoms with E-state index >= 15 is 8.78 Å². The molecule has 0 unspecified atom stereocenters. The van der Waals surface area contributed by atoms with Crippen molar-refractivity contribution in [3.8, 4) is 5.75 Å². The van der Waals surface area contributed by atoms with Gasteiger partial charge in [0.25, 0.3) is 0 Å². The van der Waals surface area contributed by atoms with Gasteiger partial charge in [-0.25, -0.2) is 18.4 Å². The average Bonchev–Trinajstić information content (AvgIpc) is 3.22. The van der Waals surface area contributed by atoms with E-state index in [-0.39, 0.29) is 12.4 Å². The number of amides is 1. The van der Waals surface area contributed by atoms with Crippen LogP contribution in [0.3, 0.4) is 0 Å². The molecule has 2 aromatic rings. The predicted octanol–water partition coefficient (Wildman–Crippen LogP) is 14.7. The molecule has 0 radical (unpaired) electrons. The SMILES string of the molecule is CCOC(=O)/C(C)=C/CC[C@@H](C)[C@H](OC(=O)Nc1ccc(F)cc1F)c1ccc(OCCO[Si](CCC(F)(F)C(F)(F)C(F)(F)C(F)(F)C(F)(F)C(F)(F)C(F)(F)C(F)(F)F)(C(C)C)C(C)C)cc1. The zero-order valence-electron chi connectivity index (χ0n) is 37.5. The summed E-state index contributed by atoms with van der Waals surface area (Å²) in [5.41, 5.74) is -1.63. The van der Waals surface area contributed by atoms with E-state index in [2.05, 4.69) is 5.32 Å². The summed E-state index contributed by atoms with van der Waals surface area (Å²) in [4.78, 5) is 24.9. The molecule has 0 aromatic heterocycles. The van der Waals surface area contributed by atoms with Crippen molar-refractivity contribution in [2.75, 3.05) is 25.1 Å². The summed E-state index contributed by atoms with van der Waals surface area (Å²) in [5.74, 6) is -60.0. The van der Waals surface area contributed by atoms with Gasteiger partial charge in [-0.1, -0.05) is 52.8 Å². The highest BCUT2D eigenvalue weighted by Gasteiger charge is 2.95. The molecule has 0 heterocycles. The van der Waals surface area contributed by atoms with Gasteiger partial charge >= 0.3 is 59.7 Å². The van der Waals surface area contributed by atoms with Crippen LogP contribution in [0.5, 0.6) is 5.75 Å². The number of hydrogen-bond acceptors (Lipinski definition) is 6. The lowest BCUT2D eigenvalue weighted by Crippen LogP contribution is -2.74. The number of carbonyl (C=O) groups is 2. The van der Waals surface area contributed by atoms with Crippen molar-refractivity contribution in [2.45, 2.75) is 139 Å². The molecule has 0 bridgehead atoms. The first kappa shape index (κ1) is 60.7. The Morgan fingerprint density at radius 3 is 1.68 bits per heavy atom. The summed E-state index contributed by atoms with van der Waals surface area (Å²) in [6.07, 6.45) is -10.5. The van der Waals surface area contributed by atoms with Crippen molar-refractivity contribution in [1.29, 1.82) is 0 Å². The van der Waals surface area contributed by atoms with Gasteiger partial charge in [-0.05, 0) is 79.6 Å². The number of halogens is 19. The average molecular weight is 1050 g/mol. The van der Waals surface area contributed by atoms with E-state index in [1.54, 1.807) is 19.9 Å². The third-order valence-electron chi connectivity index (χ3n) is 11.1. The second-order valence-electron chi connectivity index (χ2n) is 16.4. The first-order chi connectivity index (χ1) is 31.2. The Labute approximate surface area is 384 Å². The summed E-state index contributed by atoms with van der Waals surface area (Å²) in [6.45, 7) is 9.08. The Morgan fingerprint density at radius 2 is 1.20 bits per heavy atom. The molecule has 0 saturated heterocycles. The van der Waals surface area contributed by atoms with Crippen LogP contribution in [0.4, 0.5) is 93.9 Å². The van der Waals surface area contributed by atoms with Crippen molar-refractivity contribution in [3.63, 3.8) is 0 Å². The second-order valence-corrected chi connectivity index (χ2v) is 21.4. The number of benzene rings is 2. The van der Waals surface area contributed by atoms with Gasteiger partial charge in [-0.15, -0.1) is 0 Å². The first-order valence-corrected chi connectivity index (χ1v) is 22.9. The van der Waals surface area contributed by atoms with Crippen LogP contribution in [0.25, 0.3) is 0 Å². The van der Waals surface area contributed by atoms with E-state index in [1.165, 1.54) is 58.9 Å². The molecule has 2 atom stereocenters. The minimum Gasteiger partial charge on any atom is -0.491 e. The number of nitrogens with one attached hydrogen (secondary N) is 1.